The largest absolute Gasteiger partial charge is 0.508 e. The Morgan fingerprint density at radius 3 is 2.13 bits per heavy atom. The van der Waals surface area contributed by atoms with Crippen molar-refractivity contribution in [2.45, 2.75) is 118 Å². The predicted octanol–water partition coefficient (Wildman–Crippen LogP) is 8.17. The molecular weight excluding hydrogens is 564 g/mol. The third kappa shape index (κ3) is 4.74. The summed E-state index contributed by atoms with van der Waals surface area (Å²) < 4.78 is 6.09. The zero-order chi connectivity index (χ0) is 32.8. The van der Waals surface area contributed by atoms with Gasteiger partial charge in [0.2, 0.25) is 0 Å². The van der Waals surface area contributed by atoms with Gasteiger partial charge in [-0.05, 0) is 109 Å². The SMILES string of the molecule is CC1(C)CC[C@]2(C(=O)O)CC=C3[C@]4(C)CCC5C(C)(C)[C@@H](OC(=O)/C=C/c6ccc(O)cc6)C[C@@H](O)[C@]5(C)C4CC[C@@]3(C)C2C1. The zero-order valence-electron chi connectivity index (χ0n) is 28.4. The summed E-state index contributed by atoms with van der Waals surface area (Å²) in [7, 11) is 0. The highest BCUT2D eigenvalue weighted by atomic mass is 16.5. The Morgan fingerprint density at radius 1 is 0.867 bits per heavy atom. The number of carbonyl (C=O) groups is 2. The van der Waals surface area contributed by atoms with Gasteiger partial charge in [0.05, 0.1) is 11.5 Å². The number of carboxylic acids is 1. The van der Waals surface area contributed by atoms with Crippen LogP contribution in [0.2, 0.25) is 0 Å². The van der Waals surface area contributed by atoms with Gasteiger partial charge in [-0.3, -0.25) is 4.79 Å². The van der Waals surface area contributed by atoms with Gasteiger partial charge >= 0.3 is 11.9 Å². The van der Waals surface area contributed by atoms with E-state index in [2.05, 4.69) is 54.5 Å². The molecule has 0 amide bonds. The molecule has 9 atom stereocenters. The summed E-state index contributed by atoms with van der Waals surface area (Å²) >= 11 is 0. The van der Waals surface area contributed by atoms with E-state index in [1.54, 1.807) is 30.3 Å². The van der Waals surface area contributed by atoms with Crippen molar-refractivity contribution >= 4 is 18.0 Å². The van der Waals surface area contributed by atoms with E-state index in [1.165, 1.54) is 11.6 Å². The minimum absolute atomic E-state index is 0.112. The molecule has 0 aliphatic heterocycles. The van der Waals surface area contributed by atoms with E-state index >= 15 is 0 Å². The van der Waals surface area contributed by atoms with Crippen LogP contribution >= 0.6 is 0 Å². The number of carbonyl (C=O) groups excluding carboxylic acids is 1. The molecule has 246 valence electrons. The van der Waals surface area contributed by atoms with Crippen LogP contribution in [-0.4, -0.2) is 39.5 Å². The van der Waals surface area contributed by atoms with Gasteiger partial charge in [0.1, 0.15) is 11.9 Å². The lowest BCUT2D eigenvalue weighted by molar-refractivity contribution is -0.235. The lowest BCUT2D eigenvalue weighted by Crippen LogP contribution is -2.67. The van der Waals surface area contributed by atoms with Gasteiger partial charge in [0.15, 0.2) is 0 Å². The molecule has 0 saturated heterocycles. The highest BCUT2D eigenvalue weighted by molar-refractivity contribution is 5.87. The third-order valence-electron chi connectivity index (χ3n) is 14.4. The molecule has 5 aliphatic rings. The molecule has 3 N–H and O–H groups in total. The van der Waals surface area contributed by atoms with Gasteiger partial charge in [0, 0.05) is 23.3 Å². The summed E-state index contributed by atoms with van der Waals surface area (Å²) in [5.74, 6) is -0.321. The van der Waals surface area contributed by atoms with Gasteiger partial charge < -0.3 is 20.1 Å². The van der Waals surface area contributed by atoms with Gasteiger partial charge in [-0.15, -0.1) is 0 Å². The van der Waals surface area contributed by atoms with E-state index in [0.717, 1.165) is 50.5 Å². The van der Waals surface area contributed by atoms with Crippen molar-refractivity contribution in [3.8, 4) is 5.75 Å². The van der Waals surface area contributed by atoms with Crippen LogP contribution in [0.1, 0.15) is 112 Å². The number of fused-ring (bicyclic) bond motifs is 7. The summed E-state index contributed by atoms with van der Waals surface area (Å²) in [4.78, 5) is 26.0. The highest BCUT2D eigenvalue weighted by Crippen LogP contribution is 2.75. The van der Waals surface area contributed by atoms with Crippen LogP contribution in [0.5, 0.6) is 5.75 Å². The van der Waals surface area contributed by atoms with Gasteiger partial charge in [0.25, 0.3) is 0 Å². The van der Waals surface area contributed by atoms with Crippen molar-refractivity contribution in [1.29, 1.82) is 0 Å². The second-order valence-corrected chi connectivity index (χ2v) is 17.5. The Hall–Kier alpha value is -2.60. The summed E-state index contributed by atoms with van der Waals surface area (Å²) in [5.41, 5.74) is 0.748. The number of phenolic OH excluding ortho intramolecular Hbond substituents is 1. The molecule has 0 radical (unpaired) electrons. The number of aliphatic carboxylic acids is 1. The topological polar surface area (TPSA) is 104 Å². The van der Waals surface area contributed by atoms with Crippen LogP contribution in [-0.2, 0) is 14.3 Å². The molecular formula is C39H54O6. The predicted molar refractivity (Wildman–Crippen MR) is 175 cm³/mol. The number of aliphatic hydroxyl groups is 1. The van der Waals surface area contributed by atoms with Gasteiger partial charge in [-0.1, -0.05) is 72.2 Å². The van der Waals surface area contributed by atoms with Crippen molar-refractivity contribution in [3.05, 3.63) is 47.6 Å². The molecule has 6 heteroatoms. The van der Waals surface area contributed by atoms with E-state index in [0.29, 0.717) is 12.8 Å². The fraction of sp³-hybridized carbons (Fsp3) is 0.692. The molecule has 1 aromatic carbocycles. The fourth-order valence-corrected chi connectivity index (χ4v) is 11.9. The molecule has 0 aromatic heterocycles. The maximum absolute atomic E-state index is 13.0. The second kappa shape index (κ2) is 10.5. The molecule has 45 heavy (non-hydrogen) atoms. The molecule has 5 aliphatic carbocycles. The van der Waals surface area contributed by atoms with Gasteiger partial charge in [-0.2, -0.15) is 0 Å². The standard InChI is InChI=1S/C39H54O6/c1-34(2)20-21-39(33(43)44)19-16-27-36(5)17-14-26-35(3,4)31(45-32(42)13-10-24-8-11-25(40)12-9-24)22-30(41)38(26,7)28(36)15-18-37(27,6)29(39)23-34/h8-13,16,26,28-31,40-41H,14-15,17-23H2,1-7H3,(H,43,44)/b13-10+/t26?,28?,29?,30-,31+,36+,37-,38+,39-/m1/s1. The van der Waals surface area contributed by atoms with Crippen LogP contribution in [0.25, 0.3) is 6.08 Å². The highest BCUT2D eigenvalue weighted by Gasteiger charge is 2.70. The first-order valence-corrected chi connectivity index (χ1v) is 17.2. The van der Waals surface area contributed by atoms with E-state index in [4.69, 9.17) is 4.74 Å². The number of hydrogen-bond donors (Lipinski definition) is 3. The van der Waals surface area contributed by atoms with E-state index in [-0.39, 0.29) is 50.6 Å². The number of ether oxygens (including phenoxy) is 1. The minimum Gasteiger partial charge on any atom is -0.508 e. The minimum atomic E-state index is -0.682. The monoisotopic (exact) mass is 618 g/mol. The van der Waals surface area contributed by atoms with Crippen molar-refractivity contribution in [2.24, 2.45) is 50.2 Å². The Morgan fingerprint density at radius 2 is 1.49 bits per heavy atom. The summed E-state index contributed by atoms with van der Waals surface area (Å²) in [6, 6.07) is 6.65. The molecule has 6 rings (SSSR count). The van der Waals surface area contributed by atoms with Crippen LogP contribution in [0, 0.1) is 50.2 Å². The molecule has 0 bridgehead atoms. The maximum Gasteiger partial charge on any atom is 0.331 e. The average molecular weight is 619 g/mol. The number of allylic oxidation sites excluding steroid dienone is 2. The number of rotatable bonds is 4. The first kappa shape index (κ1) is 32.3. The normalized spacial score (nSPS) is 43.2. The second-order valence-electron chi connectivity index (χ2n) is 17.5. The Bertz CT molecular complexity index is 1420. The number of benzene rings is 1. The van der Waals surface area contributed by atoms with Crippen molar-refractivity contribution in [1.82, 2.24) is 0 Å². The number of carboxylic acid groups (broad SMARTS) is 1. The van der Waals surface area contributed by atoms with Crippen LogP contribution in [0.4, 0.5) is 0 Å². The maximum atomic E-state index is 13.0. The van der Waals surface area contributed by atoms with Gasteiger partial charge in [-0.25, -0.2) is 4.79 Å². The van der Waals surface area contributed by atoms with E-state index in [9.17, 15) is 24.9 Å². The molecule has 0 heterocycles. The number of phenols is 1. The molecule has 0 spiro atoms. The van der Waals surface area contributed by atoms with E-state index < -0.39 is 29.6 Å². The first-order chi connectivity index (χ1) is 20.9. The molecule has 1 aromatic rings. The molecule has 3 unspecified atom stereocenters. The number of hydrogen-bond acceptors (Lipinski definition) is 5. The quantitative estimate of drug-likeness (QED) is 0.179. The number of aromatic hydroxyl groups is 1. The van der Waals surface area contributed by atoms with Crippen molar-refractivity contribution in [3.63, 3.8) is 0 Å². The summed E-state index contributed by atoms with van der Waals surface area (Å²) in [6.45, 7) is 16.1. The smallest absolute Gasteiger partial charge is 0.331 e. The third-order valence-corrected chi connectivity index (χ3v) is 14.4. The van der Waals surface area contributed by atoms with Crippen LogP contribution < -0.4 is 0 Å². The van der Waals surface area contributed by atoms with Crippen LogP contribution in [0.15, 0.2) is 42.0 Å². The molecule has 4 saturated carbocycles. The Labute approximate surface area is 269 Å². The molecule has 6 nitrogen and oxygen atoms in total. The average Bonchev–Trinajstić information content (AvgIpc) is 2.95. The number of esters is 1. The Kier molecular flexibility index (Phi) is 7.51. The first-order valence-electron chi connectivity index (χ1n) is 17.2. The summed E-state index contributed by atoms with van der Waals surface area (Å²) in [5, 5.41) is 32.3. The van der Waals surface area contributed by atoms with Crippen molar-refractivity contribution < 1.29 is 29.6 Å². The Balaban J connectivity index is 1.28. The van der Waals surface area contributed by atoms with Crippen LogP contribution in [0.3, 0.4) is 0 Å². The fourth-order valence-electron chi connectivity index (χ4n) is 11.9. The van der Waals surface area contributed by atoms with E-state index in [1.807, 2.05) is 0 Å². The lowest BCUT2D eigenvalue weighted by Gasteiger charge is -2.70. The summed E-state index contributed by atoms with van der Waals surface area (Å²) in [6.07, 6.45) is 11.9. The zero-order valence-corrected chi connectivity index (χ0v) is 28.4. The lowest BCUT2D eigenvalue weighted by atomic mass is 9.34. The van der Waals surface area contributed by atoms with Crippen molar-refractivity contribution in [2.75, 3.05) is 0 Å². The number of aliphatic hydroxyl groups excluding tert-OH is 1. The molecule has 4 fully saturated rings.